The second-order valence-electron chi connectivity index (χ2n) is 3.05. The van der Waals surface area contributed by atoms with Crippen molar-refractivity contribution in [1.29, 1.82) is 0 Å². The second-order valence-corrected chi connectivity index (χ2v) is 3.46. The third-order valence-corrected chi connectivity index (χ3v) is 2.21. The van der Waals surface area contributed by atoms with Crippen molar-refractivity contribution in [2.45, 2.75) is 6.54 Å². The molecule has 2 aromatic rings. The largest absolute Gasteiger partial charge is 0.480 e. The number of halogens is 1. The Hall–Kier alpha value is -1.95. The molecule has 0 saturated carbocycles. The van der Waals surface area contributed by atoms with Gasteiger partial charge in [0.25, 0.3) is 0 Å². The first-order valence-electron chi connectivity index (χ1n) is 4.38. The Morgan fingerprint density at radius 3 is 3.06 bits per heavy atom. The third kappa shape index (κ3) is 2.17. The third-order valence-electron chi connectivity index (χ3n) is 1.88. The lowest BCUT2D eigenvalue weighted by atomic mass is 10.2. The Morgan fingerprint density at radius 1 is 1.56 bits per heavy atom. The van der Waals surface area contributed by atoms with Gasteiger partial charge in [-0.1, -0.05) is 16.8 Å². The molecule has 2 aromatic heterocycles. The molecule has 6 nitrogen and oxygen atoms in total. The van der Waals surface area contributed by atoms with Crippen LogP contribution in [0.1, 0.15) is 0 Å². The maximum absolute atomic E-state index is 10.5. The molecule has 1 N–H and O–H groups in total. The highest BCUT2D eigenvalue weighted by atomic mass is 35.5. The first kappa shape index (κ1) is 10.6. The molecule has 0 aromatic carbocycles. The van der Waals surface area contributed by atoms with Crippen LogP contribution in [0.2, 0.25) is 5.02 Å². The van der Waals surface area contributed by atoms with Gasteiger partial charge in [0.1, 0.15) is 12.2 Å². The van der Waals surface area contributed by atoms with E-state index in [0.29, 0.717) is 16.3 Å². The summed E-state index contributed by atoms with van der Waals surface area (Å²) < 4.78 is 1.22. The first-order valence-corrected chi connectivity index (χ1v) is 4.76. The lowest BCUT2D eigenvalue weighted by Crippen LogP contribution is -2.08. The maximum atomic E-state index is 10.5. The highest BCUT2D eigenvalue weighted by Crippen LogP contribution is 2.23. The van der Waals surface area contributed by atoms with E-state index < -0.39 is 5.97 Å². The molecule has 82 valence electrons. The minimum absolute atomic E-state index is 0.231. The van der Waals surface area contributed by atoms with Crippen LogP contribution in [0.3, 0.4) is 0 Å². The van der Waals surface area contributed by atoms with Crippen molar-refractivity contribution in [3.8, 4) is 11.3 Å². The molecule has 2 heterocycles. The van der Waals surface area contributed by atoms with Crippen molar-refractivity contribution in [1.82, 2.24) is 20.0 Å². The summed E-state index contributed by atoms with van der Waals surface area (Å²) in [6, 6.07) is 1.63. The number of nitrogens with zero attached hydrogens (tertiary/aromatic N) is 4. The van der Waals surface area contributed by atoms with Crippen LogP contribution in [0.5, 0.6) is 0 Å². The Labute approximate surface area is 95.5 Å². The van der Waals surface area contributed by atoms with E-state index in [1.54, 1.807) is 18.5 Å². The Kier molecular flexibility index (Phi) is 2.82. The maximum Gasteiger partial charge on any atom is 0.325 e. The molecule has 16 heavy (non-hydrogen) atoms. The standard InChI is InChI=1S/C9H7ClN4O2/c10-7-1-2-11-3-6(7)8-4-14(13-12-8)5-9(15)16/h1-4H,5H2,(H,15,16). The van der Waals surface area contributed by atoms with Crippen LogP contribution >= 0.6 is 11.6 Å². The molecular weight excluding hydrogens is 232 g/mol. The van der Waals surface area contributed by atoms with Crippen molar-refractivity contribution in [2.75, 3.05) is 0 Å². The van der Waals surface area contributed by atoms with E-state index in [2.05, 4.69) is 15.3 Å². The van der Waals surface area contributed by atoms with Crippen molar-refractivity contribution in [2.24, 2.45) is 0 Å². The van der Waals surface area contributed by atoms with E-state index in [4.69, 9.17) is 16.7 Å². The average Bonchev–Trinajstić information content (AvgIpc) is 2.66. The number of hydrogen-bond acceptors (Lipinski definition) is 4. The van der Waals surface area contributed by atoms with Gasteiger partial charge in [0.05, 0.1) is 11.2 Å². The minimum Gasteiger partial charge on any atom is -0.480 e. The van der Waals surface area contributed by atoms with Gasteiger partial charge in [0.2, 0.25) is 0 Å². The van der Waals surface area contributed by atoms with Gasteiger partial charge in [0, 0.05) is 18.0 Å². The fraction of sp³-hybridized carbons (Fsp3) is 0.111. The molecule has 0 bridgehead atoms. The lowest BCUT2D eigenvalue weighted by Gasteiger charge is -1.96. The molecule has 0 aliphatic rings. The second kappa shape index (κ2) is 4.28. The SMILES string of the molecule is O=C(O)Cn1cc(-c2cnccc2Cl)nn1. The molecular formula is C9H7ClN4O2. The fourth-order valence-electron chi connectivity index (χ4n) is 1.20. The van der Waals surface area contributed by atoms with Crippen LogP contribution in [-0.2, 0) is 11.3 Å². The summed E-state index contributed by atoms with van der Waals surface area (Å²) in [5.74, 6) is -0.978. The van der Waals surface area contributed by atoms with Gasteiger partial charge in [-0.2, -0.15) is 0 Å². The van der Waals surface area contributed by atoms with Crippen molar-refractivity contribution >= 4 is 17.6 Å². The number of carbonyl (C=O) groups is 1. The number of carboxylic acid groups (broad SMARTS) is 1. The molecule has 0 radical (unpaired) electrons. The smallest absolute Gasteiger partial charge is 0.325 e. The minimum atomic E-state index is -0.978. The zero-order valence-corrected chi connectivity index (χ0v) is 8.79. The normalized spacial score (nSPS) is 10.3. The van der Waals surface area contributed by atoms with Crippen molar-refractivity contribution < 1.29 is 9.90 Å². The zero-order valence-electron chi connectivity index (χ0n) is 8.04. The van der Waals surface area contributed by atoms with Crippen LogP contribution in [0.4, 0.5) is 0 Å². The number of pyridine rings is 1. The molecule has 0 unspecified atom stereocenters. The predicted octanol–water partition coefficient (Wildman–Crippen LogP) is 1.08. The molecule has 0 atom stereocenters. The summed E-state index contributed by atoms with van der Waals surface area (Å²) in [5.41, 5.74) is 1.13. The van der Waals surface area contributed by atoms with Crippen molar-refractivity contribution in [3.05, 3.63) is 29.7 Å². The predicted molar refractivity (Wildman–Crippen MR) is 55.9 cm³/mol. The number of rotatable bonds is 3. The molecule has 0 spiro atoms. The number of aromatic nitrogens is 4. The van der Waals surface area contributed by atoms with Gasteiger partial charge in [0.15, 0.2) is 0 Å². The number of carboxylic acids is 1. The Bertz CT molecular complexity index is 526. The van der Waals surface area contributed by atoms with E-state index in [1.807, 2.05) is 0 Å². The quantitative estimate of drug-likeness (QED) is 0.865. The summed E-state index contributed by atoms with van der Waals surface area (Å²) in [7, 11) is 0. The summed E-state index contributed by atoms with van der Waals surface area (Å²) in [4.78, 5) is 14.4. The zero-order chi connectivity index (χ0) is 11.5. The van der Waals surface area contributed by atoms with Gasteiger partial charge < -0.3 is 5.11 Å². The Balaban J connectivity index is 2.32. The summed E-state index contributed by atoms with van der Waals surface area (Å²) in [6.07, 6.45) is 4.63. The van der Waals surface area contributed by atoms with Crippen LogP contribution in [0.15, 0.2) is 24.7 Å². The van der Waals surface area contributed by atoms with Crippen molar-refractivity contribution in [3.63, 3.8) is 0 Å². The fourth-order valence-corrected chi connectivity index (χ4v) is 1.41. The Morgan fingerprint density at radius 2 is 2.38 bits per heavy atom. The van der Waals surface area contributed by atoms with Crippen LogP contribution < -0.4 is 0 Å². The monoisotopic (exact) mass is 238 g/mol. The van der Waals surface area contributed by atoms with E-state index >= 15 is 0 Å². The highest BCUT2D eigenvalue weighted by molar-refractivity contribution is 6.33. The van der Waals surface area contributed by atoms with Gasteiger partial charge in [-0.15, -0.1) is 5.10 Å². The first-order chi connectivity index (χ1) is 7.66. The van der Waals surface area contributed by atoms with E-state index in [9.17, 15) is 4.79 Å². The van der Waals surface area contributed by atoms with E-state index in [1.165, 1.54) is 10.9 Å². The average molecular weight is 239 g/mol. The molecule has 0 aliphatic heterocycles. The van der Waals surface area contributed by atoms with E-state index in [0.717, 1.165) is 0 Å². The van der Waals surface area contributed by atoms with Crippen LogP contribution in [-0.4, -0.2) is 31.1 Å². The summed E-state index contributed by atoms with van der Waals surface area (Å²) in [5, 5.41) is 16.6. The molecule has 2 rings (SSSR count). The topological polar surface area (TPSA) is 80.9 Å². The van der Waals surface area contributed by atoms with Crippen LogP contribution in [0, 0.1) is 0 Å². The number of hydrogen-bond donors (Lipinski definition) is 1. The summed E-state index contributed by atoms with van der Waals surface area (Å²) in [6.45, 7) is -0.231. The number of aliphatic carboxylic acids is 1. The molecule has 0 amide bonds. The lowest BCUT2D eigenvalue weighted by molar-refractivity contribution is -0.137. The molecule has 0 saturated heterocycles. The molecule has 7 heteroatoms. The molecule has 0 fully saturated rings. The summed E-state index contributed by atoms with van der Waals surface area (Å²) >= 11 is 5.94. The molecule has 0 aliphatic carbocycles. The van der Waals surface area contributed by atoms with Gasteiger partial charge in [-0.05, 0) is 6.07 Å². The van der Waals surface area contributed by atoms with E-state index in [-0.39, 0.29) is 6.54 Å². The van der Waals surface area contributed by atoms with Gasteiger partial charge in [-0.3, -0.25) is 9.78 Å². The van der Waals surface area contributed by atoms with Gasteiger partial charge in [-0.25, -0.2) is 4.68 Å². The van der Waals surface area contributed by atoms with Crippen LogP contribution in [0.25, 0.3) is 11.3 Å². The highest BCUT2D eigenvalue weighted by Gasteiger charge is 2.09. The van der Waals surface area contributed by atoms with Gasteiger partial charge >= 0.3 is 5.97 Å².